The Morgan fingerprint density at radius 3 is 2.58 bits per heavy atom. The number of hydrogen-bond donors (Lipinski definition) is 1. The van der Waals surface area contributed by atoms with Crippen molar-refractivity contribution in [2.45, 2.75) is 19.4 Å². The van der Waals surface area contributed by atoms with Crippen LogP contribution in [0.3, 0.4) is 0 Å². The first-order chi connectivity index (χ1) is 15.9. The number of carbonyl (C=O) groups is 2. The highest BCUT2D eigenvalue weighted by molar-refractivity contribution is 6.34. The van der Waals surface area contributed by atoms with Gasteiger partial charge in [-0.2, -0.15) is 4.98 Å². The first-order valence-electron chi connectivity index (χ1n) is 10.4. The smallest absolute Gasteiger partial charge is 0.337 e. The van der Waals surface area contributed by atoms with Gasteiger partial charge in [-0.25, -0.2) is 4.79 Å². The molecule has 0 radical (unpaired) electrons. The van der Waals surface area contributed by atoms with Gasteiger partial charge < -0.3 is 14.6 Å². The second-order valence-electron chi connectivity index (χ2n) is 7.74. The fourth-order valence-corrected chi connectivity index (χ4v) is 3.97. The Labute approximate surface area is 200 Å². The van der Waals surface area contributed by atoms with E-state index in [-0.39, 0.29) is 11.8 Å². The summed E-state index contributed by atoms with van der Waals surface area (Å²) in [5, 5.41) is 7.89. The number of aromatic nitrogens is 2. The number of esters is 1. The minimum atomic E-state index is -0.490. The summed E-state index contributed by atoms with van der Waals surface area (Å²) in [6, 6.07) is 11.9. The molecule has 1 N–H and O–H groups in total. The van der Waals surface area contributed by atoms with Crippen molar-refractivity contribution in [2.24, 2.45) is 5.92 Å². The van der Waals surface area contributed by atoms with Gasteiger partial charge in [0.1, 0.15) is 0 Å². The fraction of sp³-hybridized carbons (Fsp3) is 0.304. The molecule has 0 spiro atoms. The zero-order valence-corrected chi connectivity index (χ0v) is 19.4. The molecule has 2 aromatic carbocycles. The number of nitrogens with zero attached hydrogens (tertiary/aromatic N) is 3. The van der Waals surface area contributed by atoms with Gasteiger partial charge in [0.05, 0.1) is 29.9 Å². The van der Waals surface area contributed by atoms with Crippen LogP contribution in [-0.2, 0) is 16.1 Å². The minimum Gasteiger partial charge on any atom is -0.465 e. The van der Waals surface area contributed by atoms with Crippen molar-refractivity contribution in [3.05, 3.63) is 64.0 Å². The predicted molar refractivity (Wildman–Crippen MR) is 124 cm³/mol. The highest BCUT2D eigenvalue weighted by Gasteiger charge is 2.26. The molecule has 0 aliphatic carbocycles. The summed E-state index contributed by atoms with van der Waals surface area (Å²) in [5.41, 5.74) is 1.55. The Balaban J connectivity index is 1.31. The first-order valence-corrected chi connectivity index (χ1v) is 11.2. The van der Waals surface area contributed by atoms with E-state index >= 15 is 0 Å². The van der Waals surface area contributed by atoms with E-state index in [9.17, 15) is 9.59 Å². The van der Waals surface area contributed by atoms with E-state index in [1.54, 1.807) is 24.3 Å². The van der Waals surface area contributed by atoms with Gasteiger partial charge >= 0.3 is 5.97 Å². The SMILES string of the molecule is COC(=O)c1ccc(Cl)c(NC(=O)C2CCN(Cc3nc(-c4ccc(Cl)cc4)no3)CC2)c1. The molecule has 0 unspecified atom stereocenters. The lowest BCUT2D eigenvalue weighted by molar-refractivity contribution is -0.121. The van der Waals surface area contributed by atoms with Crippen LogP contribution in [0.5, 0.6) is 0 Å². The molecule has 4 rings (SSSR count). The molecule has 0 atom stereocenters. The van der Waals surface area contributed by atoms with Crippen LogP contribution < -0.4 is 5.32 Å². The average Bonchev–Trinajstić information content (AvgIpc) is 3.29. The maximum Gasteiger partial charge on any atom is 0.337 e. The van der Waals surface area contributed by atoms with Crippen molar-refractivity contribution in [2.75, 3.05) is 25.5 Å². The number of methoxy groups -OCH3 is 1. The Morgan fingerprint density at radius 2 is 1.88 bits per heavy atom. The van der Waals surface area contributed by atoms with Crippen LogP contribution in [-0.4, -0.2) is 47.1 Å². The van der Waals surface area contributed by atoms with Gasteiger partial charge in [-0.05, 0) is 68.4 Å². The Morgan fingerprint density at radius 1 is 1.15 bits per heavy atom. The molecule has 1 amide bonds. The van der Waals surface area contributed by atoms with E-state index in [0.717, 1.165) is 5.56 Å². The van der Waals surface area contributed by atoms with E-state index < -0.39 is 5.97 Å². The van der Waals surface area contributed by atoms with Crippen molar-refractivity contribution < 1.29 is 18.8 Å². The van der Waals surface area contributed by atoms with Gasteiger partial charge in [-0.3, -0.25) is 9.69 Å². The van der Waals surface area contributed by atoms with E-state index in [1.807, 2.05) is 12.1 Å². The summed E-state index contributed by atoms with van der Waals surface area (Å²) in [6.45, 7) is 1.95. The minimum absolute atomic E-state index is 0.124. The highest BCUT2D eigenvalue weighted by Crippen LogP contribution is 2.27. The molecule has 10 heteroatoms. The van der Waals surface area contributed by atoms with E-state index in [4.69, 9.17) is 32.5 Å². The van der Waals surface area contributed by atoms with Crippen LogP contribution in [0.4, 0.5) is 5.69 Å². The Kier molecular flexibility index (Phi) is 7.27. The number of piperidine rings is 1. The molecule has 2 heterocycles. The molecule has 1 saturated heterocycles. The number of halogens is 2. The van der Waals surface area contributed by atoms with Crippen molar-refractivity contribution in [3.8, 4) is 11.4 Å². The molecule has 8 nitrogen and oxygen atoms in total. The van der Waals surface area contributed by atoms with Crippen LogP contribution in [0.2, 0.25) is 10.0 Å². The fourth-order valence-electron chi connectivity index (χ4n) is 3.68. The molecule has 1 aromatic heterocycles. The van der Waals surface area contributed by atoms with E-state index in [2.05, 4.69) is 20.4 Å². The lowest BCUT2D eigenvalue weighted by atomic mass is 9.95. The van der Waals surface area contributed by atoms with Crippen LogP contribution in [0.25, 0.3) is 11.4 Å². The molecular formula is C23H22Cl2N4O4. The molecule has 0 saturated carbocycles. The van der Waals surface area contributed by atoms with Gasteiger partial charge in [-0.15, -0.1) is 0 Å². The summed E-state index contributed by atoms with van der Waals surface area (Å²) in [5.74, 6) is 0.264. The van der Waals surface area contributed by atoms with Gasteiger partial charge in [0, 0.05) is 16.5 Å². The third-order valence-electron chi connectivity index (χ3n) is 5.53. The second kappa shape index (κ2) is 10.3. The van der Waals surface area contributed by atoms with Crippen LogP contribution in [0, 0.1) is 5.92 Å². The lowest BCUT2D eigenvalue weighted by Crippen LogP contribution is -2.37. The maximum absolute atomic E-state index is 12.8. The normalized spacial score (nSPS) is 14.8. The monoisotopic (exact) mass is 488 g/mol. The number of amides is 1. The molecule has 3 aromatic rings. The lowest BCUT2D eigenvalue weighted by Gasteiger charge is -2.30. The largest absolute Gasteiger partial charge is 0.465 e. The summed E-state index contributed by atoms with van der Waals surface area (Å²) in [4.78, 5) is 31.1. The maximum atomic E-state index is 12.8. The number of benzene rings is 2. The van der Waals surface area contributed by atoms with Crippen LogP contribution in [0.1, 0.15) is 29.1 Å². The van der Waals surface area contributed by atoms with E-state index in [1.165, 1.54) is 13.2 Å². The number of hydrogen-bond acceptors (Lipinski definition) is 7. The van der Waals surface area contributed by atoms with Crippen molar-refractivity contribution in [3.63, 3.8) is 0 Å². The number of nitrogens with one attached hydrogen (secondary N) is 1. The van der Waals surface area contributed by atoms with Gasteiger partial charge in [0.2, 0.25) is 17.6 Å². The zero-order chi connectivity index (χ0) is 23.4. The molecule has 172 valence electrons. The van der Waals surface area contributed by atoms with Crippen molar-refractivity contribution in [1.29, 1.82) is 0 Å². The average molecular weight is 489 g/mol. The van der Waals surface area contributed by atoms with Crippen molar-refractivity contribution in [1.82, 2.24) is 15.0 Å². The molecule has 1 fully saturated rings. The van der Waals surface area contributed by atoms with Crippen LogP contribution in [0.15, 0.2) is 47.0 Å². The molecule has 1 aliphatic rings. The molecule has 1 aliphatic heterocycles. The predicted octanol–water partition coefficient (Wildman–Crippen LogP) is 4.68. The Hall–Kier alpha value is -2.94. The number of anilines is 1. The summed E-state index contributed by atoms with van der Waals surface area (Å²) in [6.07, 6.45) is 1.36. The molecule has 0 bridgehead atoms. The van der Waals surface area contributed by atoms with E-state index in [0.29, 0.717) is 65.5 Å². The highest BCUT2D eigenvalue weighted by atomic mass is 35.5. The second-order valence-corrected chi connectivity index (χ2v) is 8.59. The van der Waals surface area contributed by atoms with Gasteiger partial charge in [0.25, 0.3) is 0 Å². The third-order valence-corrected chi connectivity index (χ3v) is 6.11. The standard InChI is InChI=1S/C23H22Cl2N4O4/c1-32-23(31)16-4-7-18(25)19(12-16)26-22(30)15-8-10-29(11-9-15)13-20-27-21(28-33-20)14-2-5-17(24)6-3-14/h2-7,12,15H,8-11,13H2,1H3,(H,26,30). The molecular weight excluding hydrogens is 467 g/mol. The topological polar surface area (TPSA) is 97.6 Å². The number of carbonyl (C=O) groups excluding carboxylic acids is 2. The van der Waals surface area contributed by atoms with Gasteiger partial charge in [-0.1, -0.05) is 28.4 Å². The number of ether oxygens (including phenoxy) is 1. The number of rotatable bonds is 6. The zero-order valence-electron chi connectivity index (χ0n) is 17.9. The Bertz CT molecular complexity index is 1140. The third kappa shape index (κ3) is 5.71. The summed E-state index contributed by atoms with van der Waals surface area (Å²) >= 11 is 12.1. The van der Waals surface area contributed by atoms with Crippen molar-refractivity contribution >= 4 is 40.8 Å². The van der Waals surface area contributed by atoms with Crippen LogP contribution >= 0.6 is 23.2 Å². The van der Waals surface area contributed by atoms with Gasteiger partial charge in [0.15, 0.2) is 0 Å². The summed E-state index contributed by atoms with van der Waals surface area (Å²) < 4.78 is 10.1. The quantitative estimate of drug-likeness (QED) is 0.502. The number of likely N-dealkylation sites (tertiary alicyclic amines) is 1. The molecule has 33 heavy (non-hydrogen) atoms. The summed E-state index contributed by atoms with van der Waals surface area (Å²) in [7, 11) is 1.30. The first kappa shape index (κ1) is 23.2.